The van der Waals surface area contributed by atoms with E-state index in [9.17, 15) is 4.39 Å². The number of aryl methyl sites for hydroxylation is 1. The number of anilines is 1. The van der Waals surface area contributed by atoms with Gasteiger partial charge < -0.3 is 9.64 Å². The lowest BCUT2D eigenvalue weighted by Gasteiger charge is -2.35. The SMILES string of the molecule is Cc1nc(C[C@@H]2OC[C@H]3CN(c4ncc(F)cn4)CC[C@H]32)n[nH]1. The Hall–Kier alpha value is -2.09. The predicted molar refractivity (Wildman–Crippen MR) is 80.4 cm³/mol. The molecule has 4 heterocycles. The summed E-state index contributed by atoms with van der Waals surface area (Å²) in [5, 5.41) is 7.08. The summed E-state index contributed by atoms with van der Waals surface area (Å²) in [6.07, 6.45) is 4.37. The summed E-state index contributed by atoms with van der Waals surface area (Å²) in [6, 6.07) is 0. The number of H-pyrrole nitrogens is 1. The number of aromatic nitrogens is 5. The zero-order chi connectivity index (χ0) is 15.8. The number of fused-ring (bicyclic) bond motifs is 1. The lowest BCUT2D eigenvalue weighted by molar-refractivity contribution is 0.0879. The second-order valence-corrected chi connectivity index (χ2v) is 6.27. The van der Waals surface area contributed by atoms with Crippen molar-refractivity contribution in [2.45, 2.75) is 25.9 Å². The van der Waals surface area contributed by atoms with Gasteiger partial charge in [0.2, 0.25) is 5.95 Å². The highest BCUT2D eigenvalue weighted by atomic mass is 19.1. The van der Waals surface area contributed by atoms with Gasteiger partial charge >= 0.3 is 0 Å². The number of nitrogens with one attached hydrogen (secondary N) is 1. The molecule has 7 nitrogen and oxygen atoms in total. The van der Waals surface area contributed by atoms with Gasteiger partial charge in [-0.05, 0) is 19.3 Å². The third-order valence-electron chi connectivity index (χ3n) is 4.71. The van der Waals surface area contributed by atoms with Crippen LogP contribution in [0, 0.1) is 24.6 Å². The first-order valence-electron chi connectivity index (χ1n) is 7.91. The smallest absolute Gasteiger partial charge is 0.225 e. The Morgan fingerprint density at radius 2 is 2.22 bits per heavy atom. The van der Waals surface area contributed by atoms with Crippen LogP contribution in [0.3, 0.4) is 0 Å². The first kappa shape index (κ1) is 14.5. The molecule has 3 atom stereocenters. The monoisotopic (exact) mass is 318 g/mol. The lowest BCUT2D eigenvalue weighted by Crippen LogP contribution is -2.42. The number of aromatic amines is 1. The molecular weight excluding hydrogens is 299 g/mol. The van der Waals surface area contributed by atoms with Crippen molar-refractivity contribution in [3.63, 3.8) is 0 Å². The van der Waals surface area contributed by atoms with E-state index in [2.05, 4.69) is 30.0 Å². The molecule has 2 aliphatic heterocycles. The summed E-state index contributed by atoms with van der Waals surface area (Å²) in [7, 11) is 0. The minimum Gasteiger partial charge on any atom is -0.377 e. The number of nitrogens with zero attached hydrogens (tertiary/aromatic N) is 5. The summed E-state index contributed by atoms with van der Waals surface area (Å²) in [6.45, 7) is 4.34. The minimum atomic E-state index is -0.408. The molecule has 0 saturated carbocycles. The van der Waals surface area contributed by atoms with Crippen LogP contribution in [0.15, 0.2) is 12.4 Å². The number of ether oxygens (including phenoxy) is 1. The fourth-order valence-electron chi connectivity index (χ4n) is 3.61. The molecule has 0 aromatic carbocycles. The molecule has 0 unspecified atom stereocenters. The van der Waals surface area contributed by atoms with Gasteiger partial charge in [0.25, 0.3) is 0 Å². The molecule has 0 aliphatic carbocycles. The van der Waals surface area contributed by atoms with Crippen molar-refractivity contribution in [1.29, 1.82) is 0 Å². The Bertz CT molecular complexity index is 675. The van der Waals surface area contributed by atoms with Crippen LogP contribution in [0.25, 0.3) is 0 Å². The van der Waals surface area contributed by atoms with E-state index in [1.165, 1.54) is 12.4 Å². The molecule has 8 heteroatoms. The van der Waals surface area contributed by atoms with E-state index in [0.717, 1.165) is 44.2 Å². The van der Waals surface area contributed by atoms with Crippen molar-refractivity contribution in [2.75, 3.05) is 24.6 Å². The van der Waals surface area contributed by atoms with Crippen LogP contribution in [0.1, 0.15) is 18.1 Å². The molecule has 23 heavy (non-hydrogen) atoms. The van der Waals surface area contributed by atoms with Crippen molar-refractivity contribution in [3.05, 3.63) is 29.9 Å². The summed E-state index contributed by atoms with van der Waals surface area (Å²) in [5.74, 6) is 2.79. The number of piperidine rings is 1. The molecule has 2 aromatic rings. The summed E-state index contributed by atoms with van der Waals surface area (Å²) < 4.78 is 18.9. The molecule has 0 spiro atoms. The van der Waals surface area contributed by atoms with Crippen LogP contribution in [0.5, 0.6) is 0 Å². The van der Waals surface area contributed by atoms with E-state index in [1.54, 1.807) is 0 Å². The number of halogens is 1. The highest BCUT2D eigenvalue weighted by Gasteiger charge is 2.41. The van der Waals surface area contributed by atoms with Gasteiger partial charge in [-0.25, -0.2) is 19.3 Å². The van der Waals surface area contributed by atoms with E-state index in [-0.39, 0.29) is 6.10 Å². The largest absolute Gasteiger partial charge is 0.377 e. The summed E-state index contributed by atoms with van der Waals surface area (Å²) in [5.41, 5.74) is 0. The topological polar surface area (TPSA) is 79.8 Å². The average Bonchev–Trinajstić information content (AvgIpc) is 3.15. The minimum absolute atomic E-state index is 0.173. The van der Waals surface area contributed by atoms with Crippen LogP contribution in [-0.2, 0) is 11.2 Å². The number of rotatable bonds is 3. The molecule has 4 rings (SSSR count). The Labute approximate surface area is 133 Å². The standard InChI is InChI=1S/C15H19FN6O/c1-9-19-14(21-20-9)4-13-12-2-3-22(7-10(12)8-23-13)15-17-5-11(16)6-18-15/h5-6,10,12-13H,2-4,7-8H2,1H3,(H,19,20,21)/t10-,12-,13+/m1/s1. The first-order chi connectivity index (χ1) is 11.2. The second kappa shape index (κ2) is 5.84. The van der Waals surface area contributed by atoms with E-state index < -0.39 is 5.82 Å². The van der Waals surface area contributed by atoms with Crippen LogP contribution in [0.2, 0.25) is 0 Å². The summed E-state index contributed by atoms with van der Waals surface area (Å²) >= 11 is 0. The maximum absolute atomic E-state index is 13.0. The molecular formula is C15H19FN6O. The molecule has 0 bridgehead atoms. The van der Waals surface area contributed by atoms with Crippen molar-refractivity contribution in [1.82, 2.24) is 25.1 Å². The number of hydrogen-bond donors (Lipinski definition) is 1. The Morgan fingerprint density at radius 1 is 1.39 bits per heavy atom. The van der Waals surface area contributed by atoms with Crippen molar-refractivity contribution < 1.29 is 9.13 Å². The molecule has 2 saturated heterocycles. The molecule has 0 amide bonds. The van der Waals surface area contributed by atoms with Gasteiger partial charge in [0.05, 0.1) is 25.1 Å². The Kier molecular flexibility index (Phi) is 3.68. The Balaban J connectivity index is 1.41. The van der Waals surface area contributed by atoms with Gasteiger partial charge in [-0.3, -0.25) is 5.10 Å². The molecule has 2 aromatic heterocycles. The third kappa shape index (κ3) is 2.90. The van der Waals surface area contributed by atoms with E-state index >= 15 is 0 Å². The zero-order valence-electron chi connectivity index (χ0n) is 12.9. The summed E-state index contributed by atoms with van der Waals surface area (Å²) in [4.78, 5) is 14.6. The molecule has 122 valence electrons. The molecule has 2 fully saturated rings. The molecule has 2 aliphatic rings. The van der Waals surface area contributed by atoms with Gasteiger partial charge in [0.1, 0.15) is 5.82 Å². The van der Waals surface area contributed by atoms with Gasteiger partial charge in [-0.15, -0.1) is 0 Å². The highest BCUT2D eigenvalue weighted by molar-refractivity contribution is 5.30. The van der Waals surface area contributed by atoms with Crippen molar-refractivity contribution >= 4 is 5.95 Å². The maximum atomic E-state index is 13.0. The maximum Gasteiger partial charge on any atom is 0.225 e. The van der Waals surface area contributed by atoms with Crippen LogP contribution >= 0.6 is 0 Å². The quantitative estimate of drug-likeness (QED) is 0.914. The molecule has 1 N–H and O–H groups in total. The third-order valence-corrected chi connectivity index (χ3v) is 4.71. The Morgan fingerprint density at radius 3 is 2.96 bits per heavy atom. The van der Waals surface area contributed by atoms with Gasteiger partial charge in [0.15, 0.2) is 11.6 Å². The molecule has 0 radical (unpaired) electrons. The second-order valence-electron chi connectivity index (χ2n) is 6.27. The van der Waals surface area contributed by atoms with Gasteiger partial charge in [-0.1, -0.05) is 0 Å². The van der Waals surface area contributed by atoms with Crippen molar-refractivity contribution in [2.24, 2.45) is 11.8 Å². The highest BCUT2D eigenvalue weighted by Crippen LogP contribution is 2.36. The van der Waals surface area contributed by atoms with E-state index in [4.69, 9.17) is 4.74 Å². The van der Waals surface area contributed by atoms with Gasteiger partial charge in [-0.2, -0.15) is 5.10 Å². The van der Waals surface area contributed by atoms with Gasteiger partial charge in [0, 0.05) is 25.4 Å². The van der Waals surface area contributed by atoms with Crippen LogP contribution in [-0.4, -0.2) is 50.9 Å². The first-order valence-corrected chi connectivity index (χ1v) is 7.91. The van der Waals surface area contributed by atoms with E-state index in [1.807, 2.05) is 6.92 Å². The lowest BCUT2D eigenvalue weighted by atomic mass is 9.83. The fourth-order valence-corrected chi connectivity index (χ4v) is 3.61. The normalized spacial score (nSPS) is 27.2. The van der Waals surface area contributed by atoms with Crippen LogP contribution in [0.4, 0.5) is 10.3 Å². The fraction of sp³-hybridized carbons (Fsp3) is 0.600. The average molecular weight is 318 g/mol. The predicted octanol–water partition coefficient (Wildman–Crippen LogP) is 1.13. The van der Waals surface area contributed by atoms with E-state index in [0.29, 0.717) is 17.8 Å². The van der Waals surface area contributed by atoms with Crippen LogP contribution < -0.4 is 4.90 Å². The zero-order valence-corrected chi connectivity index (χ0v) is 12.9. The van der Waals surface area contributed by atoms with Crippen molar-refractivity contribution in [3.8, 4) is 0 Å². The number of hydrogen-bond acceptors (Lipinski definition) is 6.